The van der Waals surface area contributed by atoms with Crippen LogP contribution >= 0.6 is 11.3 Å². The van der Waals surface area contributed by atoms with E-state index in [2.05, 4.69) is 10.3 Å². The third kappa shape index (κ3) is 3.85. The average molecular weight is 214 g/mol. The van der Waals surface area contributed by atoms with Gasteiger partial charge in [0.1, 0.15) is 5.01 Å². The summed E-state index contributed by atoms with van der Waals surface area (Å²) in [5.74, 6) is -0.222. The van der Waals surface area contributed by atoms with E-state index in [9.17, 15) is 4.79 Å². The largest absolute Gasteiger partial charge is 0.465 e. The lowest BCUT2D eigenvalue weighted by Crippen LogP contribution is -2.24. The van der Waals surface area contributed by atoms with E-state index in [4.69, 9.17) is 4.74 Å². The number of esters is 1. The molecule has 0 atom stereocenters. The maximum Gasteiger partial charge on any atom is 0.319 e. The van der Waals surface area contributed by atoms with Crippen molar-refractivity contribution in [3.05, 3.63) is 16.1 Å². The molecule has 0 radical (unpaired) electrons. The van der Waals surface area contributed by atoms with E-state index in [0.29, 0.717) is 13.2 Å². The first kappa shape index (κ1) is 11.1. The van der Waals surface area contributed by atoms with Gasteiger partial charge in [0.25, 0.3) is 0 Å². The number of ether oxygens (including phenoxy) is 1. The summed E-state index contributed by atoms with van der Waals surface area (Å²) >= 11 is 1.59. The van der Waals surface area contributed by atoms with E-state index in [-0.39, 0.29) is 12.5 Å². The highest BCUT2D eigenvalue weighted by Crippen LogP contribution is 2.07. The Morgan fingerprint density at radius 2 is 2.50 bits per heavy atom. The van der Waals surface area contributed by atoms with E-state index in [1.807, 2.05) is 12.3 Å². The van der Waals surface area contributed by atoms with Crippen molar-refractivity contribution in [1.29, 1.82) is 0 Å². The van der Waals surface area contributed by atoms with Crippen molar-refractivity contribution in [1.82, 2.24) is 10.3 Å². The second-order valence-electron chi connectivity index (χ2n) is 2.79. The topological polar surface area (TPSA) is 51.2 Å². The first-order chi connectivity index (χ1) is 6.72. The first-order valence-electron chi connectivity index (χ1n) is 4.49. The maximum absolute atomic E-state index is 10.9. The molecular weight excluding hydrogens is 200 g/mol. The molecule has 0 aliphatic carbocycles. The van der Waals surface area contributed by atoms with Gasteiger partial charge in [-0.25, -0.2) is 4.98 Å². The Bertz CT molecular complexity index is 299. The van der Waals surface area contributed by atoms with Crippen molar-refractivity contribution < 1.29 is 9.53 Å². The first-order valence-corrected chi connectivity index (χ1v) is 5.37. The van der Waals surface area contributed by atoms with Crippen LogP contribution in [0.15, 0.2) is 5.38 Å². The number of carbonyl (C=O) groups is 1. The molecule has 0 spiro atoms. The molecule has 14 heavy (non-hydrogen) atoms. The fraction of sp³-hybridized carbons (Fsp3) is 0.556. The molecular formula is C9H14N2O2S. The molecule has 0 aliphatic rings. The van der Waals surface area contributed by atoms with Gasteiger partial charge in [0, 0.05) is 17.6 Å². The summed E-state index contributed by atoms with van der Waals surface area (Å²) in [6.45, 7) is 5.04. The van der Waals surface area contributed by atoms with E-state index in [1.165, 1.54) is 0 Å². The molecule has 0 bridgehead atoms. The highest BCUT2D eigenvalue weighted by Gasteiger charge is 2.02. The van der Waals surface area contributed by atoms with Gasteiger partial charge in [-0.3, -0.25) is 4.79 Å². The van der Waals surface area contributed by atoms with Crippen molar-refractivity contribution >= 4 is 17.3 Å². The monoisotopic (exact) mass is 214 g/mol. The summed E-state index contributed by atoms with van der Waals surface area (Å²) in [4.78, 5) is 15.2. The Labute approximate surface area is 87.3 Å². The van der Waals surface area contributed by atoms with E-state index < -0.39 is 0 Å². The summed E-state index contributed by atoms with van der Waals surface area (Å²) in [5.41, 5.74) is 1.02. The van der Waals surface area contributed by atoms with Crippen LogP contribution in [0.2, 0.25) is 0 Å². The number of aromatic nitrogens is 1. The van der Waals surface area contributed by atoms with Crippen LogP contribution in [0, 0.1) is 6.92 Å². The SMILES string of the molecule is CCOC(=O)CNCc1nc(C)cs1. The van der Waals surface area contributed by atoms with Crippen molar-refractivity contribution in [3.63, 3.8) is 0 Å². The summed E-state index contributed by atoms with van der Waals surface area (Å²) in [5, 5.41) is 5.95. The molecule has 0 fully saturated rings. The van der Waals surface area contributed by atoms with Gasteiger partial charge in [-0.05, 0) is 13.8 Å². The van der Waals surface area contributed by atoms with Crippen LogP contribution in [-0.4, -0.2) is 24.1 Å². The standard InChI is InChI=1S/C9H14N2O2S/c1-3-13-9(12)5-10-4-8-11-7(2)6-14-8/h6,10H,3-5H2,1-2H3. The minimum absolute atomic E-state index is 0.222. The fourth-order valence-corrected chi connectivity index (χ4v) is 1.71. The average Bonchev–Trinajstić information content (AvgIpc) is 2.52. The Kier molecular flexibility index (Phi) is 4.55. The minimum atomic E-state index is -0.222. The van der Waals surface area contributed by atoms with Gasteiger partial charge in [0.05, 0.1) is 13.2 Å². The fourth-order valence-electron chi connectivity index (χ4n) is 0.967. The second kappa shape index (κ2) is 5.72. The van der Waals surface area contributed by atoms with Gasteiger partial charge in [-0.2, -0.15) is 0 Å². The molecule has 1 aromatic heterocycles. The predicted molar refractivity (Wildman–Crippen MR) is 55.2 cm³/mol. The number of thiazole rings is 1. The van der Waals surface area contributed by atoms with Crippen molar-refractivity contribution in [2.75, 3.05) is 13.2 Å². The number of hydrogen-bond donors (Lipinski definition) is 1. The molecule has 5 heteroatoms. The highest BCUT2D eigenvalue weighted by molar-refractivity contribution is 7.09. The summed E-state index contributed by atoms with van der Waals surface area (Å²) in [7, 11) is 0. The van der Waals surface area contributed by atoms with Crippen LogP contribution in [0.4, 0.5) is 0 Å². The van der Waals surface area contributed by atoms with Crippen molar-refractivity contribution in [2.24, 2.45) is 0 Å². The van der Waals surface area contributed by atoms with Gasteiger partial charge >= 0.3 is 5.97 Å². The third-order valence-corrected chi connectivity index (χ3v) is 2.48. The second-order valence-corrected chi connectivity index (χ2v) is 3.73. The molecule has 0 saturated carbocycles. The number of rotatable bonds is 5. The van der Waals surface area contributed by atoms with Crippen molar-refractivity contribution in [3.8, 4) is 0 Å². The Morgan fingerprint density at radius 3 is 3.07 bits per heavy atom. The van der Waals surface area contributed by atoms with Gasteiger partial charge < -0.3 is 10.1 Å². The lowest BCUT2D eigenvalue weighted by molar-refractivity contribution is -0.142. The molecule has 4 nitrogen and oxygen atoms in total. The minimum Gasteiger partial charge on any atom is -0.465 e. The zero-order valence-electron chi connectivity index (χ0n) is 8.37. The van der Waals surface area contributed by atoms with Crippen LogP contribution < -0.4 is 5.32 Å². The van der Waals surface area contributed by atoms with E-state index in [1.54, 1.807) is 18.3 Å². The van der Waals surface area contributed by atoms with Gasteiger partial charge in [-0.1, -0.05) is 0 Å². The highest BCUT2D eigenvalue weighted by atomic mass is 32.1. The summed E-state index contributed by atoms with van der Waals surface area (Å²) in [6.07, 6.45) is 0. The third-order valence-electron chi connectivity index (χ3n) is 1.52. The molecule has 0 saturated heterocycles. The Balaban J connectivity index is 2.18. The number of nitrogens with zero attached hydrogens (tertiary/aromatic N) is 1. The van der Waals surface area contributed by atoms with Crippen LogP contribution in [0.25, 0.3) is 0 Å². The molecule has 0 aliphatic heterocycles. The molecule has 0 unspecified atom stereocenters. The summed E-state index contributed by atoms with van der Waals surface area (Å²) in [6, 6.07) is 0. The zero-order chi connectivity index (χ0) is 10.4. The van der Waals surface area contributed by atoms with E-state index >= 15 is 0 Å². The Hall–Kier alpha value is -0.940. The van der Waals surface area contributed by atoms with Crippen molar-refractivity contribution in [2.45, 2.75) is 20.4 Å². The zero-order valence-corrected chi connectivity index (χ0v) is 9.19. The maximum atomic E-state index is 10.9. The van der Waals surface area contributed by atoms with Gasteiger partial charge in [-0.15, -0.1) is 11.3 Å². The number of nitrogens with one attached hydrogen (secondary N) is 1. The number of hydrogen-bond acceptors (Lipinski definition) is 5. The molecule has 78 valence electrons. The lowest BCUT2D eigenvalue weighted by atomic mass is 10.5. The molecule has 0 amide bonds. The molecule has 0 aromatic carbocycles. The predicted octanol–water partition coefficient (Wildman–Crippen LogP) is 1.10. The molecule has 1 aromatic rings. The van der Waals surface area contributed by atoms with Gasteiger partial charge in [0.2, 0.25) is 0 Å². The number of carbonyl (C=O) groups excluding carboxylic acids is 1. The van der Waals surface area contributed by atoms with Crippen LogP contribution in [0.5, 0.6) is 0 Å². The van der Waals surface area contributed by atoms with Crippen LogP contribution in [0.3, 0.4) is 0 Å². The lowest BCUT2D eigenvalue weighted by Gasteiger charge is -2.01. The summed E-state index contributed by atoms with van der Waals surface area (Å²) < 4.78 is 4.77. The van der Waals surface area contributed by atoms with Crippen LogP contribution in [-0.2, 0) is 16.1 Å². The smallest absolute Gasteiger partial charge is 0.319 e. The normalized spacial score (nSPS) is 10.1. The van der Waals surface area contributed by atoms with E-state index in [0.717, 1.165) is 10.7 Å². The quantitative estimate of drug-likeness (QED) is 0.746. The molecule has 1 heterocycles. The number of aryl methyl sites for hydroxylation is 1. The molecule has 1 rings (SSSR count). The van der Waals surface area contributed by atoms with Crippen LogP contribution in [0.1, 0.15) is 17.6 Å². The molecule has 1 N–H and O–H groups in total. The Morgan fingerprint density at radius 1 is 1.71 bits per heavy atom. The van der Waals surface area contributed by atoms with Gasteiger partial charge in [0.15, 0.2) is 0 Å².